The van der Waals surface area contributed by atoms with Crippen LogP contribution in [0.5, 0.6) is 0 Å². The van der Waals surface area contributed by atoms with Gasteiger partial charge in [-0.05, 0) is 54.4 Å². The Balaban J connectivity index is 1.50. The summed E-state index contributed by atoms with van der Waals surface area (Å²) in [6.45, 7) is 2.84. The minimum atomic E-state index is -0.00381. The molecular weight excluding hydrogens is 320 g/mol. The first-order chi connectivity index (χ1) is 12.8. The molecule has 0 aliphatic carbocycles. The Kier molecular flexibility index (Phi) is 4.98. The summed E-state index contributed by atoms with van der Waals surface area (Å²) < 4.78 is 0. The zero-order valence-corrected chi connectivity index (χ0v) is 14.9. The summed E-state index contributed by atoms with van der Waals surface area (Å²) in [5, 5.41) is 5.41. The number of hydrogen-bond donors (Lipinski definition) is 1. The Labute approximate surface area is 154 Å². The van der Waals surface area contributed by atoms with Gasteiger partial charge >= 0.3 is 0 Å². The van der Waals surface area contributed by atoms with Crippen molar-refractivity contribution in [2.24, 2.45) is 0 Å². The highest BCUT2D eigenvalue weighted by Crippen LogP contribution is 2.24. The van der Waals surface area contributed by atoms with Gasteiger partial charge in [-0.15, -0.1) is 0 Å². The molecule has 0 radical (unpaired) electrons. The van der Waals surface area contributed by atoms with E-state index in [-0.39, 0.29) is 11.9 Å². The first kappa shape index (κ1) is 16.8. The van der Waals surface area contributed by atoms with E-state index in [0.29, 0.717) is 6.54 Å². The molecule has 0 saturated carbocycles. The molecule has 1 atom stereocenters. The van der Waals surface area contributed by atoms with Crippen LogP contribution in [0.4, 0.5) is 0 Å². The van der Waals surface area contributed by atoms with Gasteiger partial charge < -0.3 is 5.32 Å². The van der Waals surface area contributed by atoms with E-state index in [1.54, 1.807) is 0 Å². The van der Waals surface area contributed by atoms with Gasteiger partial charge in [0.05, 0.1) is 6.04 Å². The maximum Gasteiger partial charge on any atom is 0.251 e. The predicted molar refractivity (Wildman–Crippen MR) is 106 cm³/mol. The van der Waals surface area contributed by atoms with Crippen LogP contribution in [0.1, 0.15) is 34.8 Å². The average molecular weight is 344 g/mol. The summed E-state index contributed by atoms with van der Waals surface area (Å²) in [7, 11) is 0. The van der Waals surface area contributed by atoms with Crippen molar-refractivity contribution in [3.8, 4) is 0 Å². The monoisotopic (exact) mass is 344 g/mol. The number of carbonyl (C=O) groups is 1. The summed E-state index contributed by atoms with van der Waals surface area (Å²) in [4.78, 5) is 15.2. The van der Waals surface area contributed by atoms with Crippen LogP contribution in [0.25, 0.3) is 10.8 Å². The number of benzene rings is 3. The highest BCUT2D eigenvalue weighted by atomic mass is 16.1. The fourth-order valence-electron chi connectivity index (χ4n) is 3.81. The van der Waals surface area contributed by atoms with E-state index in [4.69, 9.17) is 0 Å². The van der Waals surface area contributed by atoms with Crippen molar-refractivity contribution in [2.45, 2.75) is 18.9 Å². The third-order valence-corrected chi connectivity index (χ3v) is 5.23. The van der Waals surface area contributed by atoms with E-state index in [2.05, 4.69) is 40.5 Å². The number of rotatable bonds is 5. The van der Waals surface area contributed by atoms with Crippen molar-refractivity contribution in [1.29, 1.82) is 0 Å². The summed E-state index contributed by atoms with van der Waals surface area (Å²) in [6.07, 6.45) is 2.48. The molecule has 1 aliphatic rings. The van der Waals surface area contributed by atoms with Gasteiger partial charge in [-0.25, -0.2) is 0 Å². The third kappa shape index (κ3) is 3.63. The fraction of sp³-hybridized carbons (Fsp3) is 0.261. The lowest BCUT2D eigenvalue weighted by molar-refractivity contribution is 0.0938. The molecule has 1 aliphatic heterocycles. The molecule has 4 rings (SSSR count). The summed E-state index contributed by atoms with van der Waals surface area (Å²) in [6, 6.07) is 24.8. The van der Waals surface area contributed by atoms with E-state index >= 15 is 0 Å². The highest BCUT2D eigenvalue weighted by Gasteiger charge is 2.23. The maximum atomic E-state index is 12.7. The zero-order valence-electron chi connectivity index (χ0n) is 14.9. The first-order valence-corrected chi connectivity index (χ1v) is 9.37. The quantitative estimate of drug-likeness (QED) is 0.744. The number of nitrogens with zero attached hydrogens (tertiary/aromatic N) is 1. The molecule has 132 valence electrons. The van der Waals surface area contributed by atoms with Crippen molar-refractivity contribution in [3.05, 3.63) is 83.9 Å². The van der Waals surface area contributed by atoms with Crippen LogP contribution < -0.4 is 5.32 Å². The molecule has 1 amide bonds. The van der Waals surface area contributed by atoms with Gasteiger partial charge in [-0.2, -0.15) is 0 Å². The minimum Gasteiger partial charge on any atom is -0.350 e. The van der Waals surface area contributed by atoms with Crippen molar-refractivity contribution in [3.63, 3.8) is 0 Å². The van der Waals surface area contributed by atoms with Gasteiger partial charge in [0.1, 0.15) is 0 Å². The molecule has 1 heterocycles. The van der Waals surface area contributed by atoms with E-state index in [1.165, 1.54) is 18.4 Å². The number of fused-ring (bicyclic) bond motifs is 1. The number of carbonyl (C=O) groups excluding carboxylic acids is 1. The predicted octanol–water partition coefficient (Wildman–Crippen LogP) is 4.41. The summed E-state index contributed by atoms with van der Waals surface area (Å²) >= 11 is 0. The van der Waals surface area contributed by atoms with E-state index in [0.717, 1.165) is 29.4 Å². The Morgan fingerprint density at radius 3 is 2.35 bits per heavy atom. The number of hydrogen-bond acceptors (Lipinski definition) is 2. The minimum absolute atomic E-state index is 0.00381. The summed E-state index contributed by atoms with van der Waals surface area (Å²) in [5.74, 6) is -0.00381. The lowest BCUT2D eigenvalue weighted by atomic mass is 10.0. The lowest BCUT2D eigenvalue weighted by Crippen LogP contribution is -2.36. The standard InChI is InChI=1S/C23H24N2O/c26-23(21-13-12-18-8-4-5-11-20(18)16-21)24-17-22(25-14-6-7-15-25)19-9-2-1-3-10-19/h1-5,8-13,16,22H,6-7,14-15,17H2,(H,24,26)/t22-/m1/s1. The van der Waals surface area contributed by atoms with Gasteiger partial charge in [0.25, 0.3) is 5.91 Å². The van der Waals surface area contributed by atoms with Crippen LogP contribution in [-0.2, 0) is 0 Å². The van der Waals surface area contributed by atoms with Gasteiger partial charge in [-0.1, -0.05) is 60.7 Å². The first-order valence-electron chi connectivity index (χ1n) is 9.37. The van der Waals surface area contributed by atoms with E-state index < -0.39 is 0 Å². The van der Waals surface area contributed by atoms with Gasteiger partial charge in [0.2, 0.25) is 0 Å². The second kappa shape index (κ2) is 7.71. The molecule has 1 saturated heterocycles. The SMILES string of the molecule is O=C(NC[C@H](c1ccccc1)N1CCCC1)c1ccc2ccccc2c1. The van der Waals surface area contributed by atoms with Crippen LogP contribution in [0.2, 0.25) is 0 Å². The Morgan fingerprint density at radius 2 is 1.58 bits per heavy atom. The summed E-state index contributed by atoms with van der Waals surface area (Å²) in [5.41, 5.74) is 1.99. The van der Waals surface area contributed by atoms with Crippen LogP contribution >= 0.6 is 0 Å². The molecule has 0 spiro atoms. The molecular formula is C23H24N2O. The molecule has 1 fully saturated rings. The Bertz CT molecular complexity index is 885. The van der Waals surface area contributed by atoms with Gasteiger partial charge in [0.15, 0.2) is 0 Å². The topological polar surface area (TPSA) is 32.3 Å². The van der Waals surface area contributed by atoms with Crippen molar-refractivity contribution in [2.75, 3.05) is 19.6 Å². The second-order valence-electron chi connectivity index (χ2n) is 6.94. The van der Waals surface area contributed by atoms with Crippen molar-refractivity contribution in [1.82, 2.24) is 10.2 Å². The number of likely N-dealkylation sites (tertiary alicyclic amines) is 1. The average Bonchev–Trinajstić information content (AvgIpc) is 3.23. The molecule has 0 bridgehead atoms. The molecule has 26 heavy (non-hydrogen) atoms. The molecule has 0 aromatic heterocycles. The van der Waals surface area contributed by atoms with Crippen LogP contribution in [0.15, 0.2) is 72.8 Å². The van der Waals surface area contributed by atoms with Crippen molar-refractivity contribution < 1.29 is 4.79 Å². The number of nitrogens with one attached hydrogen (secondary N) is 1. The molecule has 0 unspecified atom stereocenters. The highest BCUT2D eigenvalue weighted by molar-refractivity contribution is 5.98. The normalized spacial score (nSPS) is 15.8. The maximum absolute atomic E-state index is 12.7. The van der Waals surface area contributed by atoms with Crippen LogP contribution in [0, 0.1) is 0 Å². The van der Waals surface area contributed by atoms with Gasteiger partial charge in [0, 0.05) is 12.1 Å². The zero-order chi connectivity index (χ0) is 17.8. The van der Waals surface area contributed by atoms with E-state index in [9.17, 15) is 4.79 Å². The second-order valence-corrected chi connectivity index (χ2v) is 6.94. The molecule has 3 aromatic carbocycles. The molecule has 3 heteroatoms. The Hall–Kier alpha value is -2.65. The smallest absolute Gasteiger partial charge is 0.251 e. The van der Waals surface area contributed by atoms with Crippen molar-refractivity contribution >= 4 is 16.7 Å². The third-order valence-electron chi connectivity index (χ3n) is 5.23. The lowest BCUT2D eigenvalue weighted by Gasteiger charge is -2.28. The van der Waals surface area contributed by atoms with E-state index in [1.807, 2.05) is 42.5 Å². The van der Waals surface area contributed by atoms with Crippen LogP contribution in [-0.4, -0.2) is 30.4 Å². The Morgan fingerprint density at radius 1 is 0.885 bits per heavy atom. The largest absolute Gasteiger partial charge is 0.350 e. The number of amides is 1. The molecule has 3 aromatic rings. The van der Waals surface area contributed by atoms with Crippen LogP contribution in [0.3, 0.4) is 0 Å². The fourth-order valence-corrected chi connectivity index (χ4v) is 3.81. The molecule has 1 N–H and O–H groups in total. The van der Waals surface area contributed by atoms with Gasteiger partial charge in [-0.3, -0.25) is 9.69 Å². The molecule has 3 nitrogen and oxygen atoms in total.